The number of nitrogens with one attached hydrogen (secondary N) is 1. The summed E-state index contributed by atoms with van der Waals surface area (Å²) in [5.74, 6) is 0.390. The van der Waals surface area contributed by atoms with Crippen LogP contribution in [0.25, 0.3) is 0 Å². The molecule has 0 aromatic heterocycles. The number of para-hydroxylation sites is 1. The van der Waals surface area contributed by atoms with Crippen LogP contribution < -0.4 is 10.2 Å². The second-order valence-electron chi connectivity index (χ2n) is 5.39. The van der Waals surface area contributed by atoms with Crippen molar-refractivity contribution in [1.82, 2.24) is 5.43 Å². The Balaban J connectivity index is 1.76. The van der Waals surface area contributed by atoms with Gasteiger partial charge in [0.1, 0.15) is 11.5 Å². The Kier molecular flexibility index (Phi) is 6.83. The van der Waals surface area contributed by atoms with Crippen molar-refractivity contribution in [2.75, 3.05) is 6.61 Å². The van der Waals surface area contributed by atoms with E-state index in [1.54, 1.807) is 24.3 Å². The van der Waals surface area contributed by atoms with E-state index in [4.69, 9.17) is 4.74 Å². The quantitative estimate of drug-likeness (QED) is 0.578. The van der Waals surface area contributed by atoms with E-state index in [0.717, 1.165) is 12.8 Å². The number of amides is 1. The van der Waals surface area contributed by atoms with Gasteiger partial charge in [0.25, 0.3) is 5.91 Å². The van der Waals surface area contributed by atoms with Gasteiger partial charge < -0.3 is 9.84 Å². The van der Waals surface area contributed by atoms with Gasteiger partial charge in [0, 0.05) is 5.56 Å². The van der Waals surface area contributed by atoms with E-state index in [-0.39, 0.29) is 18.3 Å². The Morgan fingerprint density at radius 1 is 1.21 bits per heavy atom. The lowest BCUT2D eigenvalue weighted by atomic mass is 10.1. The largest absolute Gasteiger partial charge is 0.507 e. The van der Waals surface area contributed by atoms with E-state index in [1.807, 2.05) is 24.3 Å². The fraction of sp³-hybridized carbons (Fsp3) is 0.263. The molecule has 0 saturated carbocycles. The molecule has 0 atom stereocenters. The van der Waals surface area contributed by atoms with Crippen LogP contribution in [0.2, 0.25) is 0 Å². The van der Waals surface area contributed by atoms with Crippen molar-refractivity contribution in [3.63, 3.8) is 0 Å². The minimum Gasteiger partial charge on any atom is -0.507 e. The molecule has 0 heterocycles. The van der Waals surface area contributed by atoms with Crippen molar-refractivity contribution in [2.45, 2.75) is 26.2 Å². The van der Waals surface area contributed by atoms with E-state index in [1.165, 1.54) is 18.2 Å². The first-order valence-electron chi connectivity index (χ1n) is 8.00. The van der Waals surface area contributed by atoms with Gasteiger partial charge in [0.05, 0.1) is 6.21 Å². The number of unbranched alkanes of at least 4 members (excludes halogenated alkanes) is 1. The van der Waals surface area contributed by atoms with E-state index >= 15 is 0 Å². The highest BCUT2D eigenvalue weighted by atomic mass is 16.5. The van der Waals surface area contributed by atoms with Crippen LogP contribution in [0.1, 0.15) is 30.9 Å². The second-order valence-corrected chi connectivity index (χ2v) is 5.39. The van der Waals surface area contributed by atoms with Gasteiger partial charge in [-0.3, -0.25) is 4.79 Å². The molecule has 2 N–H and O–H groups in total. The van der Waals surface area contributed by atoms with Crippen LogP contribution in [0.15, 0.2) is 53.6 Å². The molecule has 0 spiro atoms. The normalized spacial score (nSPS) is 10.7. The Morgan fingerprint density at radius 3 is 2.67 bits per heavy atom. The number of aryl methyl sites for hydroxylation is 1. The summed E-state index contributed by atoms with van der Waals surface area (Å²) in [4.78, 5) is 11.7. The Labute approximate surface area is 142 Å². The number of carbonyl (C=O) groups excluding carboxylic acids is 1. The average Bonchev–Trinajstić information content (AvgIpc) is 2.61. The number of hydrogen-bond donors (Lipinski definition) is 2. The van der Waals surface area contributed by atoms with Crippen LogP contribution in [0.4, 0.5) is 0 Å². The second kappa shape index (κ2) is 9.35. The van der Waals surface area contributed by atoms with Gasteiger partial charge in [-0.1, -0.05) is 37.6 Å². The molecular weight excluding hydrogens is 304 g/mol. The van der Waals surface area contributed by atoms with Crippen molar-refractivity contribution in [3.05, 3.63) is 59.7 Å². The van der Waals surface area contributed by atoms with E-state index in [2.05, 4.69) is 17.5 Å². The first-order valence-corrected chi connectivity index (χ1v) is 8.00. The van der Waals surface area contributed by atoms with Crippen LogP contribution in [-0.4, -0.2) is 23.8 Å². The SMILES string of the molecule is CCCCc1ccc(OCC(=O)N/N=C\c2ccccc2O)cc1. The zero-order chi connectivity index (χ0) is 17.2. The van der Waals surface area contributed by atoms with Crippen LogP contribution in [0, 0.1) is 0 Å². The molecule has 0 fully saturated rings. The van der Waals surface area contributed by atoms with Gasteiger partial charge in [-0.15, -0.1) is 0 Å². The summed E-state index contributed by atoms with van der Waals surface area (Å²) < 4.78 is 5.42. The van der Waals surface area contributed by atoms with E-state index in [9.17, 15) is 9.90 Å². The maximum Gasteiger partial charge on any atom is 0.277 e. The molecule has 24 heavy (non-hydrogen) atoms. The fourth-order valence-electron chi connectivity index (χ4n) is 2.08. The van der Waals surface area contributed by atoms with Gasteiger partial charge in [-0.05, 0) is 42.7 Å². The lowest BCUT2D eigenvalue weighted by Crippen LogP contribution is -2.24. The molecule has 0 saturated heterocycles. The lowest BCUT2D eigenvalue weighted by Gasteiger charge is -2.06. The number of phenolic OH excluding ortho intramolecular Hbond substituents is 1. The number of aromatic hydroxyl groups is 1. The monoisotopic (exact) mass is 326 g/mol. The summed E-state index contributed by atoms with van der Waals surface area (Å²) in [5, 5.41) is 13.4. The molecule has 2 rings (SSSR count). The fourth-order valence-corrected chi connectivity index (χ4v) is 2.08. The van der Waals surface area contributed by atoms with Crippen LogP contribution in [-0.2, 0) is 11.2 Å². The van der Waals surface area contributed by atoms with Gasteiger partial charge in [-0.2, -0.15) is 5.10 Å². The van der Waals surface area contributed by atoms with Crippen molar-refractivity contribution < 1.29 is 14.6 Å². The van der Waals surface area contributed by atoms with Crippen LogP contribution in [0.3, 0.4) is 0 Å². The van der Waals surface area contributed by atoms with Gasteiger partial charge in [-0.25, -0.2) is 5.43 Å². The number of nitrogens with zero attached hydrogens (tertiary/aromatic N) is 1. The number of rotatable bonds is 8. The lowest BCUT2D eigenvalue weighted by molar-refractivity contribution is -0.123. The summed E-state index contributed by atoms with van der Waals surface area (Å²) in [6, 6.07) is 14.5. The third kappa shape index (κ3) is 5.76. The summed E-state index contributed by atoms with van der Waals surface area (Å²) in [5.41, 5.74) is 4.16. The van der Waals surface area contributed by atoms with E-state index < -0.39 is 0 Å². The van der Waals surface area contributed by atoms with Crippen molar-refractivity contribution in [1.29, 1.82) is 0 Å². The van der Waals surface area contributed by atoms with E-state index in [0.29, 0.717) is 11.3 Å². The number of ether oxygens (including phenoxy) is 1. The highest BCUT2D eigenvalue weighted by Gasteiger charge is 2.02. The highest BCUT2D eigenvalue weighted by molar-refractivity contribution is 5.85. The predicted octanol–water partition coefficient (Wildman–Crippen LogP) is 3.26. The molecule has 0 unspecified atom stereocenters. The predicted molar refractivity (Wildman–Crippen MR) is 94.4 cm³/mol. The first-order chi connectivity index (χ1) is 11.7. The minimum atomic E-state index is -0.364. The van der Waals surface area contributed by atoms with Crippen LogP contribution >= 0.6 is 0 Å². The average molecular weight is 326 g/mol. The Bertz CT molecular complexity index is 681. The number of hydrazone groups is 1. The first kappa shape index (κ1) is 17.5. The smallest absolute Gasteiger partial charge is 0.277 e. The Hall–Kier alpha value is -2.82. The Morgan fingerprint density at radius 2 is 1.96 bits per heavy atom. The van der Waals surface area contributed by atoms with Crippen molar-refractivity contribution in [3.8, 4) is 11.5 Å². The molecule has 0 aliphatic carbocycles. The van der Waals surface area contributed by atoms with Gasteiger partial charge in [0.2, 0.25) is 0 Å². The third-order valence-electron chi connectivity index (χ3n) is 3.44. The van der Waals surface area contributed by atoms with Crippen molar-refractivity contribution >= 4 is 12.1 Å². The summed E-state index contributed by atoms with van der Waals surface area (Å²) in [6.07, 6.45) is 4.77. The maximum atomic E-state index is 11.7. The number of benzene rings is 2. The molecule has 0 radical (unpaired) electrons. The number of hydrogen-bond acceptors (Lipinski definition) is 4. The van der Waals surface area contributed by atoms with Gasteiger partial charge >= 0.3 is 0 Å². The summed E-state index contributed by atoms with van der Waals surface area (Å²) in [6.45, 7) is 2.05. The standard InChI is InChI=1S/C19H22N2O3/c1-2-3-6-15-9-11-17(12-10-15)24-14-19(23)21-20-13-16-7-4-5-8-18(16)22/h4-5,7-13,22H,2-3,6,14H2,1H3,(H,21,23)/b20-13-. The molecule has 2 aromatic carbocycles. The summed E-state index contributed by atoms with van der Waals surface area (Å²) in [7, 11) is 0. The molecule has 0 bridgehead atoms. The molecule has 1 amide bonds. The minimum absolute atomic E-state index is 0.106. The van der Waals surface area contributed by atoms with Crippen molar-refractivity contribution in [2.24, 2.45) is 5.10 Å². The molecule has 2 aromatic rings. The third-order valence-corrected chi connectivity index (χ3v) is 3.44. The number of carbonyl (C=O) groups is 1. The molecule has 0 aliphatic heterocycles. The molecule has 0 aliphatic rings. The zero-order valence-corrected chi connectivity index (χ0v) is 13.7. The topological polar surface area (TPSA) is 70.9 Å². The zero-order valence-electron chi connectivity index (χ0n) is 13.7. The van der Waals surface area contributed by atoms with Gasteiger partial charge in [0.15, 0.2) is 6.61 Å². The number of phenols is 1. The molecular formula is C19H22N2O3. The molecule has 5 nitrogen and oxygen atoms in total. The molecule has 126 valence electrons. The maximum absolute atomic E-state index is 11.7. The molecule has 5 heteroatoms. The van der Waals surface area contributed by atoms with Crippen LogP contribution in [0.5, 0.6) is 11.5 Å². The summed E-state index contributed by atoms with van der Waals surface area (Å²) >= 11 is 0. The highest BCUT2D eigenvalue weighted by Crippen LogP contribution is 2.14.